The molecule has 2 aromatic carbocycles. The van der Waals surface area contributed by atoms with E-state index in [0.29, 0.717) is 6.54 Å². The third kappa shape index (κ3) is 3.59. The van der Waals surface area contributed by atoms with Gasteiger partial charge in [0.2, 0.25) is 0 Å². The van der Waals surface area contributed by atoms with Crippen molar-refractivity contribution in [1.29, 1.82) is 0 Å². The zero-order chi connectivity index (χ0) is 19.6. The third-order valence-corrected chi connectivity index (χ3v) is 6.97. The number of thiophene rings is 1. The van der Waals surface area contributed by atoms with Gasteiger partial charge >= 0.3 is 0 Å². The molecule has 5 aromatic rings. The summed E-state index contributed by atoms with van der Waals surface area (Å²) in [5.41, 5.74) is 3.42. The molecule has 0 bridgehead atoms. The maximum atomic E-state index is 4.77. The Balaban J connectivity index is 1.43. The van der Waals surface area contributed by atoms with Gasteiger partial charge in [-0.25, -0.2) is 9.67 Å². The monoisotopic (exact) mass is 417 g/mol. The van der Waals surface area contributed by atoms with Crippen LogP contribution in [0.5, 0.6) is 0 Å². The SMILES string of the molecule is CCC(c1ccc(-c2nc3ccccc3s2)cc1)c1nnnn1Cc1cccs1. The number of tetrazole rings is 1. The molecule has 0 saturated carbocycles. The predicted molar refractivity (Wildman–Crippen MR) is 118 cm³/mol. The van der Waals surface area contributed by atoms with Crippen LogP contribution in [-0.4, -0.2) is 25.2 Å². The molecule has 0 saturated heterocycles. The van der Waals surface area contributed by atoms with Gasteiger partial charge in [-0.3, -0.25) is 0 Å². The van der Waals surface area contributed by atoms with Crippen molar-refractivity contribution in [2.24, 2.45) is 0 Å². The third-order valence-electron chi connectivity index (χ3n) is 5.02. The highest BCUT2D eigenvalue weighted by atomic mass is 32.1. The van der Waals surface area contributed by atoms with Crippen molar-refractivity contribution in [3.05, 3.63) is 82.3 Å². The first kappa shape index (κ1) is 18.1. The van der Waals surface area contributed by atoms with Gasteiger partial charge in [-0.15, -0.1) is 27.8 Å². The lowest BCUT2D eigenvalue weighted by Gasteiger charge is -2.15. The van der Waals surface area contributed by atoms with E-state index < -0.39 is 0 Å². The van der Waals surface area contributed by atoms with Crippen LogP contribution in [0, 0.1) is 0 Å². The summed E-state index contributed by atoms with van der Waals surface area (Å²) in [6.45, 7) is 2.89. The summed E-state index contributed by atoms with van der Waals surface area (Å²) in [5.74, 6) is 1.07. The van der Waals surface area contributed by atoms with Gasteiger partial charge < -0.3 is 0 Å². The smallest absolute Gasteiger partial charge is 0.159 e. The van der Waals surface area contributed by atoms with Gasteiger partial charge in [0.1, 0.15) is 5.01 Å². The summed E-state index contributed by atoms with van der Waals surface area (Å²) in [6, 6.07) is 21.1. The van der Waals surface area contributed by atoms with Crippen LogP contribution in [0.25, 0.3) is 20.8 Å². The van der Waals surface area contributed by atoms with Crippen LogP contribution in [0.3, 0.4) is 0 Å². The number of thiazole rings is 1. The Bertz CT molecular complexity index is 1190. The Kier molecular flexibility index (Phi) is 4.91. The lowest BCUT2D eigenvalue weighted by Crippen LogP contribution is -2.11. The largest absolute Gasteiger partial charge is 0.236 e. The van der Waals surface area contributed by atoms with Gasteiger partial charge in [-0.2, -0.15) is 0 Å². The minimum Gasteiger partial charge on any atom is -0.236 e. The van der Waals surface area contributed by atoms with Gasteiger partial charge in [0.05, 0.1) is 16.8 Å². The number of aromatic nitrogens is 5. The van der Waals surface area contributed by atoms with E-state index in [-0.39, 0.29) is 5.92 Å². The van der Waals surface area contributed by atoms with Gasteiger partial charge in [0, 0.05) is 16.4 Å². The molecule has 0 radical (unpaired) electrons. The van der Waals surface area contributed by atoms with E-state index in [0.717, 1.165) is 28.3 Å². The number of para-hydroxylation sites is 1. The van der Waals surface area contributed by atoms with Crippen molar-refractivity contribution in [2.75, 3.05) is 0 Å². The summed E-state index contributed by atoms with van der Waals surface area (Å²) < 4.78 is 3.13. The van der Waals surface area contributed by atoms with Gasteiger partial charge in [0.15, 0.2) is 5.82 Å². The fourth-order valence-electron chi connectivity index (χ4n) is 3.54. The van der Waals surface area contributed by atoms with E-state index in [2.05, 4.69) is 82.4 Å². The second-order valence-electron chi connectivity index (χ2n) is 6.84. The van der Waals surface area contributed by atoms with E-state index in [1.807, 2.05) is 10.7 Å². The zero-order valence-corrected chi connectivity index (χ0v) is 17.5. The Labute approximate surface area is 176 Å². The topological polar surface area (TPSA) is 56.5 Å². The maximum absolute atomic E-state index is 4.77. The quantitative estimate of drug-likeness (QED) is 0.361. The Morgan fingerprint density at radius 1 is 1.00 bits per heavy atom. The number of rotatable bonds is 6. The van der Waals surface area contributed by atoms with Gasteiger partial charge in [-0.05, 0) is 46.0 Å². The van der Waals surface area contributed by atoms with Crippen LogP contribution in [0.1, 0.15) is 35.5 Å². The van der Waals surface area contributed by atoms with Crippen molar-refractivity contribution in [3.63, 3.8) is 0 Å². The van der Waals surface area contributed by atoms with E-state index >= 15 is 0 Å². The molecular formula is C22H19N5S2. The average molecular weight is 418 g/mol. The fourth-order valence-corrected chi connectivity index (χ4v) is 5.20. The minimum absolute atomic E-state index is 0.161. The summed E-state index contributed by atoms with van der Waals surface area (Å²) in [5, 5.41) is 15.7. The molecule has 5 nitrogen and oxygen atoms in total. The van der Waals surface area contributed by atoms with Crippen LogP contribution in [0.4, 0.5) is 0 Å². The lowest BCUT2D eigenvalue weighted by molar-refractivity contribution is 0.589. The first-order chi connectivity index (χ1) is 14.3. The molecule has 0 amide bonds. The van der Waals surface area contributed by atoms with Crippen LogP contribution < -0.4 is 0 Å². The lowest BCUT2D eigenvalue weighted by atomic mass is 9.94. The molecule has 0 aliphatic rings. The number of fused-ring (bicyclic) bond motifs is 1. The van der Waals surface area contributed by atoms with Crippen molar-refractivity contribution >= 4 is 32.9 Å². The second-order valence-corrected chi connectivity index (χ2v) is 8.91. The standard InChI is InChI=1S/C22H19N5S2/c1-2-18(21-24-25-26-27(21)14-17-6-5-13-28-17)15-9-11-16(12-10-15)22-23-19-7-3-4-8-20(19)29-22/h3-13,18H,2,14H2,1H3. The Morgan fingerprint density at radius 2 is 1.86 bits per heavy atom. The van der Waals surface area contributed by atoms with Crippen LogP contribution in [0.2, 0.25) is 0 Å². The molecule has 1 unspecified atom stereocenters. The molecule has 144 valence electrons. The summed E-state index contributed by atoms with van der Waals surface area (Å²) in [7, 11) is 0. The van der Waals surface area contributed by atoms with Crippen LogP contribution in [0.15, 0.2) is 66.0 Å². The molecule has 5 rings (SSSR count). The predicted octanol–water partition coefficient (Wildman–Crippen LogP) is 5.60. The molecule has 0 aliphatic carbocycles. The molecule has 3 aromatic heterocycles. The molecule has 0 aliphatic heterocycles. The molecule has 0 fully saturated rings. The molecular weight excluding hydrogens is 398 g/mol. The van der Waals surface area contributed by atoms with Crippen molar-refractivity contribution in [1.82, 2.24) is 25.2 Å². The molecule has 1 atom stereocenters. The Morgan fingerprint density at radius 3 is 2.62 bits per heavy atom. The number of benzene rings is 2. The van der Waals surface area contributed by atoms with Crippen LogP contribution >= 0.6 is 22.7 Å². The number of hydrogen-bond donors (Lipinski definition) is 0. The van der Waals surface area contributed by atoms with Gasteiger partial charge in [0.25, 0.3) is 0 Å². The summed E-state index contributed by atoms with van der Waals surface area (Å²) in [4.78, 5) is 6.02. The average Bonchev–Trinajstić information content (AvgIpc) is 3.51. The number of hydrogen-bond acceptors (Lipinski definition) is 6. The number of nitrogens with zero attached hydrogens (tertiary/aromatic N) is 5. The van der Waals surface area contributed by atoms with Crippen molar-refractivity contribution < 1.29 is 0 Å². The summed E-state index contributed by atoms with van der Waals surface area (Å²) in [6.07, 6.45) is 0.936. The normalized spacial score (nSPS) is 12.4. The fraction of sp³-hybridized carbons (Fsp3) is 0.182. The molecule has 0 spiro atoms. The summed E-state index contributed by atoms with van der Waals surface area (Å²) >= 11 is 3.45. The van der Waals surface area contributed by atoms with E-state index in [1.165, 1.54) is 15.1 Å². The highest BCUT2D eigenvalue weighted by Gasteiger charge is 2.20. The first-order valence-electron chi connectivity index (χ1n) is 9.56. The Hall–Kier alpha value is -2.90. The van der Waals surface area contributed by atoms with Crippen molar-refractivity contribution in [3.8, 4) is 10.6 Å². The first-order valence-corrected chi connectivity index (χ1v) is 11.3. The van der Waals surface area contributed by atoms with E-state index in [4.69, 9.17) is 4.98 Å². The van der Waals surface area contributed by atoms with Crippen LogP contribution in [-0.2, 0) is 6.54 Å². The minimum atomic E-state index is 0.161. The maximum Gasteiger partial charge on any atom is 0.159 e. The van der Waals surface area contributed by atoms with Crippen molar-refractivity contribution in [2.45, 2.75) is 25.8 Å². The second kappa shape index (κ2) is 7.85. The van der Waals surface area contributed by atoms with Gasteiger partial charge in [-0.1, -0.05) is 49.4 Å². The van der Waals surface area contributed by atoms with E-state index in [9.17, 15) is 0 Å². The molecule has 3 heterocycles. The highest BCUT2D eigenvalue weighted by molar-refractivity contribution is 7.21. The zero-order valence-electron chi connectivity index (χ0n) is 15.9. The molecule has 7 heteroatoms. The molecule has 0 N–H and O–H groups in total. The molecule has 29 heavy (non-hydrogen) atoms. The van der Waals surface area contributed by atoms with E-state index in [1.54, 1.807) is 22.7 Å². The highest BCUT2D eigenvalue weighted by Crippen LogP contribution is 2.32.